The first kappa shape index (κ1) is 16.4. The fourth-order valence-corrected chi connectivity index (χ4v) is 3.68. The molecule has 1 unspecified atom stereocenters. The number of hydrogen-bond acceptors (Lipinski definition) is 3. The standard InChI is InChI=1S/C18H26FN3O/c19-15-6-4-5-14(11-15)17-12-20-9-10-22(17)13-18(23)21-16-7-2-1-3-8-16/h4-6,11,16-17,20H,1-3,7-10,12-13H2,(H,21,23). The molecule has 1 saturated carbocycles. The lowest BCUT2D eigenvalue weighted by atomic mass is 9.95. The minimum absolute atomic E-state index is 0.0524. The van der Waals surface area contributed by atoms with E-state index in [1.165, 1.54) is 25.3 Å². The summed E-state index contributed by atoms with van der Waals surface area (Å²) in [5.74, 6) is -0.125. The quantitative estimate of drug-likeness (QED) is 0.894. The van der Waals surface area contributed by atoms with Gasteiger partial charge in [-0.1, -0.05) is 31.4 Å². The van der Waals surface area contributed by atoms with Gasteiger partial charge in [0.15, 0.2) is 0 Å². The number of piperazine rings is 1. The van der Waals surface area contributed by atoms with Crippen molar-refractivity contribution in [3.8, 4) is 0 Å². The van der Waals surface area contributed by atoms with Crippen LogP contribution < -0.4 is 10.6 Å². The summed E-state index contributed by atoms with van der Waals surface area (Å²) in [5.41, 5.74) is 0.933. The van der Waals surface area contributed by atoms with Crippen LogP contribution in [0.5, 0.6) is 0 Å². The summed E-state index contributed by atoms with van der Waals surface area (Å²) in [6, 6.07) is 7.10. The second-order valence-electron chi connectivity index (χ2n) is 6.65. The minimum Gasteiger partial charge on any atom is -0.352 e. The van der Waals surface area contributed by atoms with E-state index in [0.29, 0.717) is 12.6 Å². The van der Waals surface area contributed by atoms with Crippen LogP contribution in [0.1, 0.15) is 43.7 Å². The molecule has 1 aliphatic heterocycles. The molecule has 2 N–H and O–H groups in total. The average Bonchev–Trinajstić information content (AvgIpc) is 2.56. The zero-order valence-corrected chi connectivity index (χ0v) is 13.6. The van der Waals surface area contributed by atoms with Crippen molar-refractivity contribution in [1.29, 1.82) is 0 Å². The third kappa shape index (κ3) is 4.52. The average molecular weight is 319 g/mol. The lowest BCUT2D eigenvalue weighted by molar-refractivity contribution is -0.124. The molecule has 5 heteroatoms. The Morgan fingerprint density at radius 2 is 2.13 bits per heavy atom. The summed E-state index contributed by atoms with van der Waals surface area (Å²) in [6.45, 7) is 2.81. The zero-order valence-electron chi connectivity index (χ0n) is 13.6. The van der Waals surface area contributed by atoms with Gasteiger partial charge in [0.25, 0.3) is 0 Å². The fourth-order valence-electron chi connectivity index (χ4n) is 3.68. The first-order valence-corrected chi connectivity index (χ1v) is 8.72. The first-order valence-electron chi connectivity index (χ1n) is 8.72. The van der Waals surface area contributed by atoms with Crippen molar-refractivity contribution in [2.24, 2.45) is 0 Å². The van der Waals surface area contributed by atoms with Gasteiger partial charge in [-0.25, -0.2) is 4.39 Å². The van der Waals surface area contributed by atoms with Gasteiger partial charge in [0.1, 0.15) is 5.82 Å². The van der Waals surface area contributed by atoms with Gasteiger partial charge in [0, 0.05) is 31.7 Å². The van der Waals surface area contributed by atoms with E-state index in [4.69, 9.17) is 0 Å². The zero-order chi connectivity index (χ0) is 16.1. The summed E-state index contributed by atoms with van der Waals surface area (Å²) in [6.07, 6.45) is 5.90. The van der Waals surface area contributed by atoms with Gasteiger partial charge in [-0.15, -0.1) is 0 Å². The molecular weight excluding hydrogens is 293 g/mol. The Balaban J connectivity index is 1.60. The maximum atomic E-state index is 13.5. The van der Waals surface area contributed by atoms with Crippen LogP contribution in [0, 0.1) is 5.82 Å². The summed E-state index contributed by atoms with van der Waals surface area (Å²) in [5, 5.41) is 6.52. The smallest absolute Gasteiger partial charge is 0.234 e. The molecule has 126 valence electrons. The first-order chi connectivity index (χ1) is 11.2. The van der Waals surface area contributed by atoms with Crippen LogP contribution in [0.2, 0.25) is 0 Å². The monoisotopic (exact) mass is 319 g/mol. The summed E-state index contributed by atoms with van der Waals surface area (Å²) < 4.78 is 13.5. The van der Waals surface area contributed by atoms with Crippen LogP contribution in [0.15, 0.2) is 24.3 Å². The van der Waals surface area contributed by atoms with Crippen LogP contribution in [0.3, 0.4) is 0 Å². The molecule has 1 heterocycles. The van der Waals surface area contributed by atoms with Gasteiger partial charge < -0.3 is 10.6 Å². The van der Waals surface area contributed by atoms with Crippen LogP contribution in [-0.4, -0.2) is 43.0 Å². The third-order valence-electron chi connectivity index (χ3n) is 4.90. The van der Waals surface area contributed by atoms with Crippen molar-refractivity contribution in [3.05, 3.63) is 35.6 Å². The second-order valence-corrected chi connectivity index (χ2v) is 6.65. The third-order valence-corrected chi connectivity index (χ3v) is 4.90. The van der Waals surface area contributed by atoms with Gasteiger partial charge in [-0.05, 0) is 30.5 Å². The number of amides is 1. The highest BCUT2D eigenvalue weighted by Crippen LogP contribution is 2.23. The molecule has 0 aromatic heterocycles. The van der Waals surface area contributed by atoms with Gasteiger partial charge >= 0.3 is 0 Å². The van der Waals surface area contributed by atoms with Gasteiger partial charge in [0.05, 0.1) is 6.54 Å². The van der Waals surface area contributed by atoms with E-state index in [0.717, 1.165) is 38.0 Å². The van der Waals surface area contributed by atoms with Gasteiger partial charge in [-0.3, -0.25) is 9.69 Å². The van der Waals surface area contributed by atoms with Crippen LogP contribution in [0.25, 0.3) is 0 Å². The maximum Gasteiger partial charge on any atom is 0.234 e. The van der Waals surface area contributed by atoms with E-state index in [9.17, 15) is 9.18 Å². The van der Waals surface area contributed by atoms with E-state index in [1.54, 1.807) is 12.1 Å². The molecule has 1 saturated heterocycles. The highest BCUT2D eigenvalue weighted by Gasteiger charge is 2.26. The molecule has 1 amide bonds. The van der Waals surface area contributed by atoms with E-state index < -0.39 is 0 Å². The predicted molar refractivity (Wildman–Crippen MR) is 88.6 cm³/mol. The Morgan fingerprint density at radius 3 is 2.91 bits per heavy atom. The number of nitrogens with one attached hydrogen (secondary N) is 2. The topological polar surface area (TPSA) is 44.4 Å². The molecule has 2 fully saturated rings. The molecule has 0 spiro atoms. The molecule has 4 nitrogen and oxygen atoms in total. The number of rotatable bonds is 4. The van der Waals surface area contributed by atoms with Crippen molar-refractivity contribution in [2.45, 2.75) is 44.2 Å². The number of hydrogen-bond donors (Lipinski definition) is 2. The number of benzene rings is 1. The van der Waals surface area contributed by atoms with E-state index in [1.807, 2.05) is 6.07 Å². The molecule has 23 heavy (non-hydrogen) atoms. The van der Waals surface area contributed by atoms with Crippen molar-refractivity contribution in [2.75, 3.05) is 26.2 Å². The van der Waals surface area contributed by atoms with E-state index in [2.05, 4.69) is 15.5 Å². The highest BCUT2D eigenvalue weighted by molar-refractivity contribution is 5.78. The number of carbonyl (C=O) groups is 1. The lowest BCUT2D eigenvalue weighted by Crippen LogP contribution is -2.50. The molecular formula is C18H26FN3O. The predicted octanol–water partition coefficient (Wildman–Crippen LogP) is 2.22. The fraction of sp³-hybridized carbons (Fsp3) is 0.611. The van der Waals surface area contributed by atoms with Crippen molar-refractivity contribution in [1.82, 2.24) is 15.5 Å². The molecule has 2 aliphatic rings. The number of halogens is 1. The summed E-state index contributed by atoms with van der Waals surface area (Å²) in [4.78, 5) is 14.5. The minimum atomic E-state index is -0.223. The normalized spacial score (nSPS) is 23.6. The Morgan fingerprint density at radius 1 is 1.30 bits per heavy atom. The van der Waals surface area contributed by atoms with E-state index >= 15 is 0 Å². The molecule has 0 bridgehead atoms. The Bertz CT molecular complexity index is 531. The summed E-state index contributed by atoms with van der Waals surface area (Å²) >= 11 is 0. The van der Waals surface area contributed by atoms with Crippen LogP contribution >= 0.6 is 0 Å². The van der Waals surface area contributed by atoms with Gasteiger partial charge in [-0.2, -0.15) is 0 Å². The lowest BCUT2D eigenvalue weighted by Gasteiger charge is -2.36. The Kier molecular flexibility index (Phi) is 5.62. The van der Waals surface area contributed by atoms with Gasteiger partial charge in [0.2, 0.25) is 5.91 Å². The SMILES string of the molecule is O=C(CN1CCNCC1c1cccc(F)c1)NC1CCCCC1. The molecule has 1 aromatic carbocycles. The van der Waals surface area contributed by atoms with E-state index in [-0.39, 0.29) is 17.8 Å². The summed E-state index contributed by atoms with van der Waals surface area (Å²) in [7, 11) is 0. The molecule has 1 aromatic rings. The largest absolute Gasteiger partial charge is 0.352 e. The van der Waals surface area contributed by atoms with Crippen LogP contribution in [-0.2, 0) is 4.79 Å². The number of nitrogens with zero attached hydrogens (tertiary/aromatic N) is 1. The molecule has 1 aliphatic carbocycles. The highest BCUT2D eigenvalue weighted by atomic mass is 19.1. The van der Waals surface area contributed by atoms with Crippen molar-refractivity contribution in [3.63, 3.8) is 0 Å². The number of carbonyl (C=O) groups excluding carboxylic acids is 1. The Labute approximate surface area is 137 Å². The van der Waals surface area contributed by atoms with Crippen molar-refractivity contribution >= 4 is 5.91 Å². The maximum absolute atomic E-state index is 13.5. The van der Waals surface area contributed by atoms with Crippen LogP contribution in [0.4, 0.5) is 4.39 Å². The molecule has 0 radical (unpaired) electrons. The molecule has 3 rings (SSSR count). The second kappa shape index (κ2) is 7.88. The Hall–Kier alpha value is -1.46. The molecule has 1 atom stereocenters. The van der Waals surface area contributed by atoms with Crippen molar-refractivity contribution < 1.29 is 9.18 Å².